The number of rotatable bonds is 4. The maximum Gasteiger partial charge on any atom is 0.374 e. The van der Waals surface area contributed by atoms with Gasteiger partial charge in [-0.05, 0) is 53.2 Å². The lowest BCUT2D eigenvalue weighted by atomic mass is 9.75. The van der Waals surface area contributed by atoms with Crippen LogP contribution in [0.5, 0.6) is 0 Å². The van der Waals surface area contributed by atoms with Gasteiger partial charge in [-0.1, -0.05) is 56.3 Å². The molecule has 0 fully saturated rings. The number of para-hydroxylation sites is 2. The third kappa shape index (κ3) is 4.40. The van der Waals surface area contributed by atoms with Crippen LogP contribution in [0.1, 0.15) is 38.1 Å². The van der Waals surface area contributed by atoms with Gasteiger partial charge >= 0.3 is 5.89 Å². The molecule has 2 aromatic carbocycles. The lowest BCUT2D eigenvalue weighted by Crippen LogP contribution is -2.29. The average molecular weight is 400 g/mol. The first-order valence-electron chi connectivity index (χ1n) is 10.5. The second kappa shape index (κ2) is 7.98. The number of hydrogen-bond donors (Lipinski definition) is 0. The molecule has 0 N–H and O–H groups in total. The van der Waals surface area contributed by atoms with E-state index in [2.05, 4.69) is 99.1 Å². The molecule has 3 nitrogen and oxygen atoms in total. The molecule has 1 heterocycles. The minimum Gasteiger partial charge on any atom is -0.398 e. The van der Waals surface area contributed by atoms with Gasteiger partial charge in [-0.15, -0.1) is 0 Å². The summed E-state index contributed by atoms with van der Waals surface area (Å²) in [6, 6.07) is 16.8. The largest absolute Gasteiger partial charge is 0.398 e. The van der Waals surface area contributed by atoms with Crippen molar-refractivity contribution in [1.29, 1.82) is 0 Å². The van der Waals surface area contributed by atoms with Crippen molar-refractivity contribution < 1.29 is 8.98 Å². The highest BCUT2D eigenvalue weighted by Crippen LogP contribution is 2.39. The standard InChI is InChI=1S/C27H31N2O/c1-27(2)18-21(11-10-20-12-14-23(15-13-20)28(3)4)16-22(19-27)17-26-29(5)24-8-6-7-9-25(24)30-26/h6-17H,18-19H2,1-5H3/q+1. The molecule has 0 unspecified atom stereocenters. The predicted molar refractivity (Wildman–Crippen MR) is 126 cm³/mol. The first-order chi connectivity index (χ1) is 14.3. The molecule has 154 valence electrons. The van der Waals surface area contributed by atoms with Crippen molar-refractivity contribution in [3.05, 3.63) is 83.3 Å². The van der Waals surface area contributed by atoms with Crippen LogP contribution in [0.2, 0.25) is 0 Å². The Hall–Kier alpha value is -3.07. The third-order valence-electron chi connectivity index (χ3n) is 5.72. The van der Waals surface area contributed by atoms with Gasteiger partial charge < -0.3 is 9.32 Å². The van der Waals surface area contributed by atoms with Crippen LogP contribution in [-0.4, -0.2) is 14.1 Å². The van der Waals surface area contributed by atoms with Gasteiger partial charge in [0.1, 0.15) is 7.05 Å². The van der Waals surface area contributed by atoms with E-state index in [4.69, 9.17) is 4.42 Å². The van der Waals surface area contributed by atoms with Crippen molar-refractivity contribution in [1.82, 2.24) is 0 Å². The van der Waals surface area contributed by atoms with E-state index in [1.54, 1.807) is 0 Å². The quantitative estimate of drug-likeness (QED) is 0.489. The Morgan fingerprint density at radius 3 is 2.40 bits per heavy atom. The zero-order valence-corrected chi connectivity index (χ0v) is 18.6. The van der Waals surface area contributed by atoms with Gasteiger partial charge in [0.2, 0.25) is 5.58 Å². The first-order valence-corrected chi connectivity index (χ1v) is 10.5. The fourth-order valence-electron chi connectivity index (χ4n) is 4.20. The van der Waals surface area contributed by atoms with Crippen molar-refractivity contribution in [2.45, 2.75) is 26.7 Å². The van der Waals surface area contributed by atoms with Gasteiger partial charge in [-0.25, -0.2) is 0 Å². The summed E-state index contributed by atoms with van der Waals surface area (Å²) in [6.07, 6.45) is 11.1. The number of nitrogens with zero attached hydrogens (tertiary/aromatic N) is 2. The fourth-order valence-corrected chi connectivity index (χ4v) is 4.20. The monoisotopic (exact) mass is 399 g/mol. The topological polar surface area (TPSA) is 20.3 Å². The zero-order valence-electron chi connectivity index (χ0n) is 18.6. The Bertz CT molecular complexity index is 1140. The maximum absolute atomic E-state index is 6.10. The lowest BCUT2D eigenvalue weighted by molar-refractivity contribution is -0.652. The number of allylic oxidation sites excluding steroid dienone is 4. The van der Waals surface area contributed by atoms with Gasteiger partial charge in [-0.2, -0.15) is 4.57 Å². The fraction of sp³-hybridized carbons (Fsp3) is 0.296. The van der Waals surface area contributed by atoms with Crippen LogP contribution in [0.25, 0.3) is 23.3 Å². The number of benzene rings is 2. The summed E-state index contributed by atoms with van der Waals surface area (Å²) >= 11 is 0. The van der Waals surface area contributed by atoms with Gasteiger partial charge in [0.15, 0.2) is 0 Å². The Balaban J connectivity index is 1.63. The Kier molecular flexibility index (Phi) is 5.38. The van der Waals surface area contributed by atoms with E-state index in [9.17, 15) is 0 Å². The molecule has 0 aliphatic heterocycles. The molecule has 0 spiro atoms. The van der Waals surface area contributed by atoms with Crippen molar-refractivity contribution in [2.75, 3.05) is 19.0 Å². The van der Waals surface area contributed by atoms with Crippen molar-refractivity contribution >= 4 is 28.9 Å². The summed E-state index contributed by atoms with van der Waals surface area (Å²) in [5.74, 6) is 0.891. The van der Waals surface area contributed by atoms with Crippen molar-refractivity contribution in [3.8, 4) is 0 Å². The Morgan fingerprint density at radius 1 is 0.967 bits per heavy atom. The second-order valence-corrected chi connectivity index (χ2v) is 9.24. The van der Waals surface area contributed by atoms with E-state index < -0.39 is 0 Å². The number of fused-ring (bicyclic) bond motifs is 1. The maximum atomic E-state index is 6.10. The molecule has 3 heteroatoms. The van der Waals surface area contributed by atoms with Crippen molar-refractivity contribution in [2.24, 2.45) is 12.5 Å². The summed E-state index contributed by atoms with van der Waals surface area (Å²) in [6.45, 7) is 4.68. The minimum atomic E-state index is 0.222. The SMILES string of the molecule is CN(C)c1ccc(/C=C/C2=CC(=C/c3oc4ccccc4[n+]3C)/CC(C)(C)C2)cc1. The number of hydrogen-bond acceptors (Lipinski definition) is 2. The van der Waals surface area contributed by atoms with E-state index in [0.717, 1.165) is 29.8 Å². The van der Waals surface area contributed by atoms with Gasteiger partial charge in [-0.3, -0.25) is 0 Å². The summed E-state index contributed by atoms with van der Waals surface area (Å²) in [5.41, 5.74) is 7.36. The van der Waals surface area contributed by atoms with Crippen LogP contribution in [0.4, 0.5) is 5.69 Å². The molecule has 0 radical (unpaired) electrons. The van der Waals surface area contributed by atoms with E-state index in [1.165, 1.54) is 22.4 Å². The normalized spacial score (nSPS) is 17.6. The average Bonchev–Trinajstić information content (AvgIpc) is 3.01. The molecule has 0 atom stereocenters. The molecule has 1 aromatic heterocycles. The molecule has 4 rings (SSSR count). The predicted octanol–water partition coefficient (Wildman–Crippen LogP) is 6.17. The smallest absolute Gasteiger partial charge is 0.374 e. The van der Waals surface area contributed by atoms with Crippen LogP contribution in [-0.2, 0) is 7.05 Å². The number of aromatic nitrogens is 1. The molecular formula is C27H31N2O+. The minimum absolute atomic E-state index is 0.222. The molecule has 0 saturated heterocycles. The molecular weight excluding hydrogens is 368 g/mol. The van der Waals surface area contributed by atoms with Gasteiger partial charge in [0, 0.05) is 25.8 Å². The van der Waals surface area contributed by atoms with E-state index in [-0.39, 0.29) is 5.41 Å². The Labute approximate surface area is 179 Å². The summed E-state index contributed by atoms with van der Waals surface area (Å²) in [4.78, 5) is 2.12. The first kappa shape index (κ1) is 20.2. The molecule has 0 saturated carbocycles. The van der Waals surface area contributed by atoms with E-state index in [0.29, 0.717) is 0 Å². The lowest BCUT2D eigenvalue weighted by Gasteiger charge is -2.30. The van der Waals surface area contributed by atoms with Crippen LogP contribution in [0, 0.1) is 5.41 Å². The summed E-state index contributed by atoms with van der Waals surface area (Å²) in [7, 11) is 6.19. The molecule has 30 heavy (non-hydrogen) atoms. The molecule has 0 bridgehead atoms. The van der Waals surface area contributed by atoms with E-state index in [1.807, 2.05) is 18.2 Å². The van der Waals surface area contributed by atoms with Gasteiger partial charge in [0.05, 0.1) is 6.08 Å². The number of oxazole rings is 1. The van der Waals surface area contributed by atoms with E-state index >= 15 is 0 Å². The Morgan fingerprint density at radius 2 is 1.70 bits per heavy atom. The second-order valence-electron chi connectivity index (χ2n) is 9.24. The number of anilines is 1. The summed E-state index contributed by atoms with van der Waals surface area (Å²) < 4.78 is 8.22. The molecule has 1 aliphatic carbocycles. The third-order valence-corrected chi connectivity index (χ3v) is 5.72. The van der Waals surface area contributed by atoms with Crippen LogP contribution in [0.15, 0.2) is 76.2 Å². The van der Waals surface area contributed by atoms with Crippen LogP contribution >= 0.6 is 0 Å². The molecule has 3 aromatic rings. The summed E-state index contributed by atoms with van der Waals surface area (Å²) in [5, 5.41) is 0. The highest BCUT2D eigenvalue weighted by molar-refractivity contribution is 5.70. The number of aryl methyl sites for hydroxylation is 1. The molecule has 0 amide bonds. The van der Waals surface area contributed by atoms with Crippen LogP contribution in [0.3, 0.4) is 0 Å². The van der Waals surface area contributed by atoms with Gasteiger partial charge in [0.25, 0.3) is 5.52 Å². The highest BCUT2D eigenvalue weighted by atomic mass is 16.3. The van der Waals surface area contributed by atoms with Crippen molar-refractivity contribution in [3.63, 3.8) is 0 Å². The molecule has 1 aliphatic rings. The highest BCUT2D eigenvalue weighted by Gasteiger charge is 2.26. The van der Waals surface area contributed by atoms with Crippen LogP contribution < -0.4 is 9.47 Å². The zero-order chi connectivity index (χ0) is 21.3.